The van der Waals surface area contributed by atoms with E-state index in [2.05, 4.69) is 10.3 Å². The molecule has 1 aromatic rings. The predicted octanol–water partition coefficient (Wildman–Crippen LogP) is -0.654. The topological polar surface area (TPSA) is 145 Å². The minimum Gasteiger partial charge on any atom is -0.383 e. The molecule has 10 heteroatoms. The van der Waals surface area contributed by atoms with E-state index in [9.17, 15) is 23.3 Å². The number of pyridine rings is 1. The Morgan fingerprint density at radius 2 is 2.21 bits per heavy atom. The average Bonchev–Trinajstić information content (AvgIpc) is 2.27. The molecule has 0 aliphatic rings. The van der Waals surface area contributed by atoms with E-state index in [0.717, 1.165) is 18.5 Å². The normalized spacial score (nSPS) is 11.0. The van der Waals surface area contributed by atoms with Crippen LogP contribution in [0.1, 0.15) is 10.4 Å². The molecule has 1 heterocycles. The fourth-order valence-corrected chi connectivity index (χ4v) is 1.66. The van der Waals surface area contributed by atoms with Crippen LogP contribution in [-0.2, 0) is 9.84 Å². The Hall–Kier alpha value is -2.23. The number of nitrogens with one attached hydrogen (secondary N) is 1. The monoisotopic (exact) mass is 288 g/mol. The highest BCUT2D eigenvalue weighted by molar-refractivity contribution is 7.90. The Morgan fingerprint density at radius 3 is 2.74 bits per heavy atom. The van der Waals surface area contributed by atoms with Gasteiger partial charge in [0, 0.05) is 18.9 Å². The van der Waals surface area contributed by atoms with Crippen molar-refractivity contribution in [3.8, 4) is 0 Å². The van der Waals surface area contributed by atoms with E-state index in [-0.39, 0.29) is 29.4 Å². The van der Waals surface area contributed by atoms with Gasteiger partial charge in [-0.3, -0.25) is 14.9 Å². The summed E-state index contributed by atoms with van der Waals surface area (Å²) in [4.78, 5) is 25.1. The van der Waals surface area contributed by atoms with E-state index in [1.165, 1.54) is 0 Å². The Bertz CT molecular complexity index is 613. The largest absolute Gasteiger partial charge is 0.383 e. The summed E-state index contributed by atoms with van der Waals surface area (Å²) in [5.41, 5.74) is 4.90. The van der Waals surface area contributed by atoms with Crippen molar-refractivity contribution < 1.29 is 18.1 Å². The van der Waals surface area contributed by atoms with E-state index in [0.29, 0.717) is 0 Å². The Morgan fingerprint density at radius 1 is 1.58 bits per heavy atom. The lowest BCUT2D eigenvalue weighted by molar-refractivity contribution is -0.385. The minimum atomic E-state index is -3.20. The zero-order valence-electron chi connectivity index (χ0n) is 9.99. The number of carbonyl (C=O) groups excluding carboxylic acids is 1. The van der Waals surface area contributed by atoms with E-state index >= 15 is 0 Å². The molecule has 0 bridgehead atoms. The molecule has 0 fully saturated rings. The molecule has 0 aromatic carbocycles. The summed E-state index contributed by atoms with van der Waals surface area (Å²) in [5.74, 6) is -1.11. The number of anilines is 1. The van der Waals surface area contributed by atoms with Crippen molar-refractivity contribution in [2.45, 2.75) is 0 Å². The smallest absolute Gasteiger partial charge is 0.288 e. The molecule has 19 heavy (non-hydrogen) atoms. The lowest BCUT2D eigenvalue weighted by atomic mass is 10.2. The van der Waals surface area contributed by atoms with Crippen LogP contribution < -0.4 is 11.1 Å². The highest BCUT2D eigenvalue weighted by Gasteiger charge is 2.16. The Labute approximate surface area is 108 Å². The maximum atomic E-state index is 11.7. The first-order valence-corrected chi connectivity index (χ1v) is 7.12. The third kappa shape index (κ3) is 4.50. The van der Waals surface area contributed by atoms with Crippen molar-refractivity contribution in [1.82, 2.24) is 10.3 Å². The number of hydrogen-bond acceptors (Lipinski definition) is 7. The molecule has 3 N–H and O–H groups in total. The standard InChI is InChI=1S/C9H12N4O5S/c1-19(17,18)3-2-11-9(14)7-4-6(13(15)16)5-12-8(7)10/h4-5H,2-3H2,1H3,(H2,10,12)(H,11,14). The quantitative estimate of drug-likeness (QED) is 0.540. The Kier molecular flexibility index (Phi) is 4.38. The number of hydrogen-bond donors (Lipinski definition) is 2. The lowest BCUT2D eigenvalue weighted by Crippen LogP contribution is -2.29. The predicted molar refractivity (Wildman–Crippen MR) is 67.3 cm³/mol. The number of rotatable bonds is 5. The SMILES string of the molecule is CS(=O)(=O)CCNC(=O)c1cc([N+](=O)[O-])cnc1N. The van der Waals surface area contributed by atoms with Gasteiger partial charge in [0.15, 0.2) is 0 Å². The van der Waals surface area contributed by atoms with E-state index < -0.39 is 20.7 Å². The van der Waals surface area contributed by atoms with Crippen LogP contribution in [0.15, 0.2) is 12.3 Å². The second-order valence-corrected chi connectivity index (χ2v) is 6.03. The van der Waals surface area contributed by atoms with Crippen LogP contribution in [0.5, 0.6) is 0 Å². The number of sulfone groups is 1. The summed E-state index contributed by atoms with van der Waals surface area (Å²) >= 11 is 0. The first-order chi connectivity index (χ1) is 8.70. The molecular formula is C9H12N4O5S. The van der Waals surface area contributed by atoms with Crippen molar-refractivity contribution >= 4 is 27.2 Å². The third-order valence-corrected chi connectivity index (χ3v) is 3.06. The fourth-order valence-electron chi connectivity index (χ4n) is 1.19. The zero-order chi connectivity index (χ0) is 14.6. The summed E-state index contributed by atoms with van der Waals surface area (Å²) in [6.07, 6.45) is 1.96. The van der Waals surface area contributed by atoms with Crippen LogP contribution in [0.4, 0.5) is 11.5 Å². The van der Waals surface area contributed by atoms with Crippen LogP contribution in [0.25, 0.3) is 0 Å². The van der Waals surface area contributed by atoms with Crippen LogP contribution in [-0.4, -0.2) is 42.8 Å². The molecule has 0 unspecified atom stereocenters. The zero-order valence-corrected chi connectivity index (χ0v) is 10.8. The molecule has 0 spiro atoms. The molecule has 0 saturated carbocycles. The molecule has 0 aliphatic heterocycles. The first kappa shape index (κ1) is 14.8. The van der Waals surface area contributed by atoms with Crippen LogP contribution >= 0.6 is 0 Å². The van der Waals surface area contributed by atoms with Gasteiger partial charge < -0.3 is 11.1 Å². The van der Waals surface area contributed by atoms with Gasteiger partial charge in [-0.05, 0) is 0 Å². The molecule has 0 radical (unpaired) electrons. The van der Waals surface area contributed by atoms with Crippen molar-refractivity contribution in [3.05, 3.63) is 27.9 Å². The second-order valence-electron chi connectivity index (χ2n) is 3.77. The number of nitrogens with two attached hydrogens (primary N) is 1. The van der Waals surface area contributed by atoms with Gasteiger partial charge in [0.1, 0.15) is 21.9 Å². The number of aromatic nitrogens is 1. The van der Waals surface area contributed by atoms with Gasteiger partial charge in [-0.1, -0.05) is 0 Å². The number of carbonyl (C=O) groups is 1. The molecule has 0 aliphatic carbocycles. The number of nitrogens with zero attached hydrogens (tertiary/aromatic N) is 2. The second kappa shape index (κ2) is 5.61. The van der Waals surface area contributed by atoms with Crippen molar-refractivity contribution in [3.63, 3.8) is 0 Å². The summed E-state index contributed by atoms with van der Waals surface area (Å²) in [5, 5.41) is 12.8. The fraction of sp³-hybridized carbons (Fsp3) is 0.333. The number of amides is 1. The van der Waals surface area contributed by atoms with Crippen LogP contribution in [0, 0.1) is 10.1 Å². The van der Waals surface area contributed by atoms with Gasteiger partial charge in [0.25, 0.3) is 11.6 Å². The average molecular weight is 288 g/mol. The Balaban J connectivity index is 2.82. The van der Waals surface area contributed by atoms with E-state index in [1.54, 1.807) is 0 Å². The van der Waals surface area contributed by atoms with Crippen LogP contribution in [0.3, 0.4) is 0 Å². The maximum Gasteiger partial charge on any atom is 0.288 e. The van der Waals surface area contributed by atoms with Gasteiger partial charge in [-0.25, -0.2) is 13.4 Å². The molecule has 9 nitrogen and oxygen atoms in total. The molecule has 1 amide bonds. The highest BCUT2D eigenvalue weighted by Crippen LogP contribution is 2.16. The molecule has 1 rings (SSSR count). The van der Waals surface area contributed by atoms with Gasteiger partial charge in [0.2, 0.25) is 0 Å². The van der Waals surface area contributed by atoms with Gasteiger partial charge in [-0.2, -0.15) is 0 Å². The summed E-state index contributed by atoms with van der Waals surface area (Å²) in [6.45, 7) is -0.111. The minimum absolute atomic E-state index is 0.111. The maximum absolute atomic E-state index is 11.7. The first-order valence-electron chi connectivity index (χ1n) is 5.06. The van der Waals surface area contributed by atoms with E-state index in [4.69, 9.17) is 5.73 Å². The van der Waals surface area contributed by atoms with Gasteiger partial charge in [0.05, 0.1) is 16.2 Å². The summed E-state index contributed by atoms with van der Waals surface area (Å²) < 4.78 is 21.8. The summed E-state index contributed by atoms with van der Waals surface area (Å²) in [7, 11) is -3.20. The highest BCUT2D eigenvalue weighted by atomic mass is 32.2. The molecule has 1 aromatic heterocycles. The molecule has 104 valence electrons. The third-order valence-electron chi connectivity index (χ3n) is 2.12. The van der Waals surface area contributed by atoms with E-state index in [1.807, 2.05) is 0 Å². The lowest BCUT2D eigenvalue weighted by Gasteiger charge is -2.06. The number of nitro groups is 1. The molecule has 0 atom stereocenters. The van der Waals surface area contributed by atoms with Crippen molar-refractivity contribution in [1.29, 1.82) is 0 Å². The molecule has 0 saturated heterocycles. The number of nitrogen functional groups attached to an aromatic ring is 1. The van der Waals surface area contributed by atoms with Crippen molar-refractivity contribution in [2.24, 2.45) is 0 Å². The summed E-state index contributed by atoms with van der Waals surface area (Å²) in [6, 6.07) is 0.984. The van der Waals surface area contributed by atoms with Crippen molar-refractivity contribution in [2.75, 3.05) is 24.3 Å². The van der Waals surface area contributed by atoms with Crippen LogP contribution in [0.2, 0.25) is 0 Å². The molecular weight excluding hydrogens is 276 g/mol. The van der Waals surface area contributed by atoms with Gasteiger partial charge >= 0.3 is 0 Å². The van der Waals surface area contributed by atoms with Gasteiger partial charge in [-0.15, -0.1) is 0 Å².